The van der Waals surface area contributed by atoms with E-state index in [4.69, 9.17) is 16.3 Å². The quantitative estimate of drug-likeness (QED) is 0.738. The largest absolute Gasteiger partial charge is 0.466 e. The van der Waals surface area contributed by atoms with Gasteiger partial charge in [0.25, 0.3) is 0 Å². The molecule has 1 aliphatic rings. The van der Waals surface area contributed by atoms with Gasteiger partial charge in [0, 0.05) is 5.02 Å². The molecule has 1 fully saturated rings. The molecule has 3 heteroatoms. The van der Waals surface area contributed by atoms with Gasteiger partial charge in [0.2, 0.25) is 0 Å². The SMILES string of the molecule is CCOC(=O)[C@H]1C[C@H]1c1ccccc1Cl. The lowest BCUT2D eigenvalue weighted by atomic mass is 10.1. The molecule has 1 saturated carbocycles. The van der Waals surface area contributed by atoms with Crippen molar-refractivity contribution in [3.8, 4) is 0 Å². The Morgan fingerprint density at radius 2 is 2.27 bits per heavy atom. The Balaban J connectivity index is 2.05. The monoisotopic (exact) mass is 224 g/mol. The van der Waals surface area contributed by atoms with Gasteiger partial charge in [-0.15, -0.1) is 0 Å². The van der Waals surface area contributed by atoms with Crippen molar-refractivity contribution >= 4 is 17.6 Å². The number of esters is 1. The van der Waals surface area contributed by atoms with Crippen LogP contribution in [0.5, 0.6) is 0 Å². The summed E-state index contributed by atoms with van der Waals surface area (Å²) in [6, 6.07) is 7.68. The van der Waals surface area contributed by atoms with E-state index in [1.807, 2.05) is 31.2 Å². The summed E-state index contributed by atoms with van der Waals surface area (Å²) in [6.45, 7) is 2.27. The fraction of sp³-hybridized carbons (Fsp3) is 0.417. The molecule has 0 heterocycles. The maximum absolute atomic E-state index is 11.4. The van der Waals surface area contributed by atoms with Crippen LogP contribution < -0.4 is 0 Å². The number of hydrogen-bond acceptors (Lipinski definition) is 2. The van der Waals surface area contributed by atoms with Crippen molar-refractivity contribution in [2.45, 2.75) is 19.3 Å². The molecule has 0 aromatic heterocycles. The molecule has 1 aromatic carbocycles. The minimum Gasteiger partial charge on any atom is -0.466 e. The molecule has 2 rings (SSSR count). The fourth-order valence-electron chi connectivity index (χ4n) is 1.82. The predicted octanol–water partition coefficient (Wildman–Crippen LogP) is 3.01. The van der Waals surface area contributed by atoms with E-state index in [0.29, 0.717) is 6.61 Å². The van der Waals surface area contributed by atoms with Crippen LogP contribution in [0.15, 0.2) is 24.3 Å². The Morgan fingerprint density at radius 3 is 2.93 bits per heavy atom. The van der Waals surface area contributed by atoms with Crippen molar-refractivity contribution < 1.29 is 9.53 Å². The van der Waals surface area contributed by atoms with Gasteiger partial charge in [-0.3, -0.25) is 4.79 Å². The van der Waals surface area contributed by atoms with Crippen LogP contribution >= 0.6 is 11.6 Å². The topological polar surface area (TPSA) is 26.3 Å². The van der Waals surface area contributed by atoms with Crippen LogP contribution in [0.4, 0.5) is 0 Å². The number of halogens is 1. The molecular formula is C12H13ClO2. The summed E-state index contributed by atoms with van der Waals surface area (Å²) in [5.74, 6) is 0.185. The summed E-state index contributed by atoms with van der Waals surface area (Å²) < 4.78 is 4.98. The molecule has 0 N–H and O–H groups in total. The molecule has 0 amide bonds. The summed E-state index contributed by atoms with van der Waals surface area (Å²) in [5, 5.41) is 0.745. The van der Waals surface area contributed by atoms with Gasteiger partial charge < -0.3 is 4.74 Å². The molecule has 0 radical (unpaired) electrons. The lowest BCUT2D eigenvalue weighted by Crippen LogP contribution is -2.07. The normalized spacial score (nSPS) is 23.6. The predicted molar refractivity (Wildman–Crippen MR) is 58.9 cm³/mol. The van der Waals surface area contributed by atoms with Crippen molar-refractivity contribution in [3.05, 3.63) is 34.9 Å². The van der Waals surface area contributed by atoms with E-state index in [1.165, 1.54) is 0 Å². The molecule has 80 valence electrons. The Bertz CT molecular complexity index is 376. The molecule has 0 saturated heterocycles. The highest BCUT2D eigenvalue weighted by Gasteiger charge is 2.45. The average Bonchev–Trinajstić information content (AvgIpc) is 2.98. The first-order valence-electron chi connectivity index (χ1n) is 5.15. The Kier molecular flexibility index (Phi) is 2.96. The fourth-order valence-corrected chi connectivity index (χ4v) is 2.10. The highest BCUT2D eigenvalue weighted by molar-refractivity contribution is 6.31. The third kappa shape index (κ3) is 2.15. The second kappa shape index (κ2) is 4.23. The van der Waals surface area contributed by atoms with Gasteiger partial charge in [0.1, 0.15) is 0 Å². The molecule has 1 aliphatic carbocycles. The highest BCUT2D eigenvalue weighted by Crippen LogP contribution is 2.50. The standard InChI is InChI=1S/C12H13ClO2/c1-2-15-12(14)10-7-9(10)8-5-3-4-6-11(8)13/h3-6,9-10H,2,7H2,1H3/t9-,10-/m0/s1. The van der Waals surface area contributed by atoms with Crippen LogP contribution in [0, 0.1) is 5.92 Å². The summed E-state index contributed by atoms with van der Waals surface area (Å²) in [4.78, 5) is 11.4. The maximum atomic E-state index is 11.4. The van der Waals surface area contributed by atoms with E-state index >= 15 is 0 Å². The first-order valence-corrected chi connectivity index (χ1v) is 5.53. The van der Waals surface area contributed by atoms with Gasteiger partial charge in [-0.1, -0.05) is 29.8 Å². The summed E-state index contributed by atoms with van der Waals surface area (Å²) in [6.07, 6.45) is 0.864. The summed E-state index contributed by atoms with van der Waals surface area (Å²) >= 11 is 6.05. The number of carbonyl (C=O) groups is 1. The summed E-state index contributed by atoms with van der Waals surface area (Å²) in [7, 11) is 0. The van der Waals surface area contributed by atoms with Gasteiger partial charge >= 0.3 is 5.97 Å². The van der Waals surface area contributed by atoms with E-state index in [9.17, 15) is 4.79 Å². The van der Waals surface area contributed by atoms with Crippen LogP contribution in [0.2, 0.25) is 5.02 Å². The van der Waals surface area contributed by atoms with Crippen LogP contribution in [-0.2, 0) is 9.53 Å². The first kappa shape index (κ1) is 10.5. The molecule has 0 spiro atoms. The van der Waals surface area contributed by atoms with Crippen LogP contribution in [-0.4, -0.2) is 12.6 Å². The Hall–Kier alpha value is -1.02. The second-order valence-electron chi connectivity index (χ2n) is 3.72. The maximum Gasteiger partial charge on any atom is 0.309 e. The van der Waals surface area contributed by atoms with Crippen LogP contribution in [0.1, 0.15) is 24.8 Å². The van der Waals surface area contributed by atoms with Crippen molar-refractivity contribution in [1.82, 2.24) is 0 Å². The molecule has 15 heavy (non-hydrogen) atoms. The van der Waals surface area contributed by atoms with Crippen molar-refractivity contribution in [1.29, 1.82) is 0 Å². The van der Waals surface area contributed by atoms with Crippen molar-refractivity contribution in [2.75, 3.05) is 6.61 Å². The zero-order chi connectivity index (χ0) is 10.8. The lowest BCUT2D eigenvalue weighted by Gasteiger charge is -2.03. The number of benzene rings is 1. The van der Waals surface area contributed by atoms with E-state index in [-0.39, 0.29) is 17.8 Å². The van der Waals surface area contributed by atoms with Gasteiger partial charge in [-0.25, -0.2) is 0 Å². The van der Waals surface area contributed by atoms with Crippen molar-refractivity contribution in [3.63, 3.8) is 0 Å². The number of ether oxygens (including phenoxy) is 1. The highest BCUT2D eigenvalue weighted by atomic mass is 35.5. The van der Waals surface area contributed by atoms with Gasteiger partial charge in [-0.05, 0) is 30.9 Å². The molecule has 0 unspecified atom stereocenters. The van der Waals surface area contributed by atoms with Gasteiger partial charge in [0.05, 0.1) is 12.5 Å². The minimum absolute atomic E-state index is 0.0184. The number of hydrogen-bond donors (Lipinski definition) is 0. The smallest absolute Gasteiger partial charge is 0.309 e. The first-order chi connectivity index (χ1) is 7.24. The summed E-state index contributed by atoms with van der Waals surface area (Å²) in [5.41, 5.74) is 1.07. The average molecular weight is 225 g/mol. The second-order valence-corrected chi connectivity index (χ2v) is 4.13. The van der Waals surface area contributed by atoms with Crippen LogP contribution in [0.3, 0.4) is 0 Å². The lowest BCUT2D eigenvalue weighted by molar-refractivity contribution is -0.144. The molecule has 0 aliphatic heterocycles. The van der Waals surface area contributed by atoms with E-state index in [2.05, 4.69) is 0 Å². The van der Waals surface area contributed by atoms with Gasteiger partial charge in [-0.2, -0.15) is 0 Å². The van der Waals surface area contributed by atoms with Gasteiger partial charge in [0.15, 0.2) is 0 Å². The Morgan fingerprint density at radius 1 is 1.53 bits per heavy atom. The van der Waals surface area contributed by atoms with E-state index < -0.39 is 0 Å². The van der Waals surface area contributed by atoms with E-state index in [1.54, 1.807) is 0 Å². The number of rotatable bonds is 3. The third-order valence-corrected chi connectivity index (χ3v) is 3.03. The molecule has 1 aromatic rings. The van der Waals surface area contributed by atoms with Crippen LogP contribution in [0.25, 0.3) is 0 Å². The van der Waals surface area contributed by atoms with Crippen molar-refractivity contribution in [2.24, 2.45) is 5.92 Å². The molecule has 2 atom stereocenters. The minimum atomic E-state index is -0.0950. The molecule has 0 bridgehead atoms. The molecule has 2 nitrogen and oxygen atoms in total. The third-order valence-electron chi connectivity index (χ3n) is 2.68. The number of carbonyl (C=O) groups excluding carboxylic acids is 1. The van der Waals surface area contributed by atoms with E-state index in [0.717, 1.165) is 17.0 Å². The Labute approximate surface area is 94.2 Å². The molecular weight excluding hydrogens is 212 g/mol. The zero-order valence-corrected chi connectivity index (χ0v) is 9.33. The zero-order valence-electron chi connectivity index (χ0n) is 8.57.